The van der Waals surface area contributed by atoms with Crippen LogP contribution in [-0.2, 0) is 14.8 Å². The van der Waals surface area contributed by atoms with Gasteiger partial charge in [-0.2, -0.15) is 4.31 Å². The van der Waals surface area contributed by atoms with E-state index in [4.69, 9.17) is 16.3 Å². The van der Waals surface area contributed by atoms with Crippen molar-refractivity contribution in [2.75, 3.05) is 31.6 Å². The molecule has 1 saturated heterocycles. The summed E-state index contributed by atoms with van der Waals surface area (Å²) in [4.78, 5) is 16.9. The van der Waals surface area contributed by atoms with E-state index in [-0.39, 0.29) is 10.8 Å². The number of benzene rings is 2. The fourth-order valence-corrected chi connectivity index (χ4v) is 5.38. The summed E-state index contributed by atoms with van der Waals surface area (Å²) in [5.74, 6) is -0.340. The Balaban J connectivity index is 1.54. The smallest absolute Gasteiger partial charge is 0.255 e. The number of aromatic nitrogens is 1. The predicted octanol–water partition coefficient (Wildman–Crippen LogP) is 3.22. The number of anilines is 1. The summed E-state index contributed by atoms with van der Waals surface area (Å²) in [6.45, 7) is 1.41. The SMILES string of the molecule is O=C(Nc1ccc(Cl)c2ncsc12)c1ccc(S(=O)(=O)N2CCOCC2)cc1. The first-order chi connectivity index (χ1) is 13.5. The monoisotopic (exact) mass is 437 g/mol. The van der Waals surface area contributed by atoms with Crippen LogP contribution in [0.25, 0.3) is 10.2 Å². The molecule has 1 aliphatic rings. The zero-order chi connectivity index (χ0) is 19.7. The first kappa shape index (κ1) is 19.3. The van der Waals surface area contributed by atoms with E-state index < -0.39 is 10.0 Å². The third kappa shape index (κ3) is 3.63. The lowest BCUT2D eigenvalue weighted by Gasteiger charge is -2.26. The van der Waals surface area contributed by atoms with Crippen LogP contribution in [0.2, 0.25) is 5.02 Å². The summed E-state index contributed by atoms with van der Waals surface area (Å²) in [5.41, 5.74) is 3.26. The van der Waals surface area contributed by atoms with Gasteiger partial charge in [-0.05, 0) is 36.4 Å². The summed E-state index contributed by atoms with van der Waals surface area (Å²) >= 11 is 7.49. The highest BCUT2D eigenvalue weighted by molar-refractivity contribution is 7.89. The number of nitrogens with zero attached hydrogens (tertiary/aromatic N) is 2. The van der Waals surface area contributed by atoms with E-state index >= 15 is 0 Å². The summed E-state index contributed by atoms with van der Waals surface area (Å²) in [6, 6.07) is 9.30. The van der Waals surface area contributed by atoms with Gasteiger partial charge in [0.1, 0.15) is 5.52 Å². The lowest BCUT2D eigenvalue weighted by atomic mass is 10.2. The van der Waals surface area contributed by atoms with Crippen molar-refractivity contribution in [1.82, 2.24) is 9.29 Å². The van der Waals surface area contributed by atoms with Gasteiger partial charge in [-0.15, -0.1) is 11.3 Å². The van der Waals surface area contributed by atoms with Crippen LogP contribution in [0, 0.1) is 0 Å². The van der Waals surface area contributed by atoms with E-state index in [1.54, 1.807) is 17.6 Å². The van der Waals surface area contributed by atoms with Crippen LogP contribution in [0.15, 0.2) is 46.8 Å². The maximum absolute atomic E-state index is 12.7. The largest absolute Gasteiger partial charge is 0.379 e. The van der Waals surface area contributed by atoms with Gasteiger partial charge in [-0.3, -0.25) is 4.79 Å². The molecule has 28 heavy (non-hydrogen) atoms. The Morgan fingerprint density at radius 3 is 2.57 bits per heavy atom. The summed E-state index contributed by atoms with van der Waals surface area (Å²) in [5, 5.41) is 3.35. The Bertz CT molecular complexity index is 1120. The number of morpholine rings is 1. The zero-order valence-electron chi connectivity index (χ0n) is 14.6. The van der Waals surface area contributed by atoms with E-state index in [1.807, 2.05) is 0 Å². The average Bonchev–Trinajstić information content (AvgIpc) is 3.22. The molecule has 4 rings (SSSR count). The van der Waals surface area contributed by atoms with E-state index in [0.717, 1.165) is 4.70 Å². The summed E-state index contributed by atoms with van der Waals surface area (Å²) in [7, 11) is -3.59. The van der Waals surface area contributed by atoms with Crippen molar-refractivity contribution >= 4 is 54.8 Å². The average molecular weight is 438 g/mol. The van der Waals surface area contributed by atoms with Gasteiger partial charge in [0.25, 0.3) is 5.91 Å². The quantitative estimate of drug-likeness (QED) is 0.677. The molecule has 7 nitrogen and oxygen atoms in total. The predicted molar refractivity (Wildman–Crippen MR) is 109 cm³/mol. The molecule has 1 N–H and O–H groups in total. The number of hydrogen-bond acceptors (Lipinski definition) is 6. The molecular weight excluding hydrogens is 422 g/mol. The second-order valence-electron chi connectivity index (χ2n) is 6.12. The third-order valence-corrected chi connectivity index (χ3v) is 7.48. The van der Waals surface area contributed by atoms with Crippen LogP contribution in [0.3, 0.4) is 0 Å². The normalized spacial score (nSPS) is 15.6. The Labute approximate surface area is 170 Å². The topological polar surface area (TPSA) is 88.6 Å². The molecule has 1 aromatic heterocycles. The van der Waals surface area contributed by atoms with Crippen molar-refractivity contribution in [3.05, 3.63) is 52.5 Å². The van der Waals surface area contributed by atoms with Crippen molar-refractivity contribution in [2.24, 2.45) is 0 Å². The molecule has 10 heteroatoms. The number of thiazole rings is 1. The lowest BCUT2D eigenvalue weighted by molar-refractivity contribution is 0.0730. The van der Waals surface area contributed by atoms with Crippen LogP contribution in [0.5, 0.6) is 0 Å². The molecule has 0 radical (unpaired) electrons. The lowest BCUT2D eigenvalue weighted by Crippen LogP contribution is -2.40. The zero-order valence-corrected chi connectivity index (χ0v) is 17.0. The number of carbonyl (C=O) groups excluding carboxylic acids is 1. The Hall–Kier alpha value is -2.04. The molecular formula is C18H16ClN3O4S2. The molecule has 0 spiro atoms. The molecule has 2 aromatic carbocycles. The second-order valence-corrected chi connectivity index (χ2v) is 9.32. The fourth-order valence-electron chi connectivity index (χ4n) is 2.93. The number of amides is 1. The molecule has 0 atom stereocenters. The number of rotatable bonds is 4. The third-order valence-electron chi connectivity index (χ3n) is 4.41. The van der Waals surface area contributed by atoms with E-state index in [2.05, 4.69) is 10.3 Å². The van der Waals surface area contributed by atoms with Crippen molar-refractivity contribution in [2.45, 2.75) is 4.90 Å². The van der Waals surface area contributed by atoms with Crippen molar-refractivity contribution in [3.8, 4) is 0 Å². The number of ether oxygens (including phenoxy) is 1. The maximum Gasteiger partial charge on any atom is 0.255 e. The maximum atomic E-state index is 12.7. The van der Waals surface area contributed by atoms with Crippen molar-refractivity contribution in [1.29, 1.82) is 0 Å². The Kier molecular flexibility index (Phi) is 5.35. The van der Waals surface area contributed by atoms with Gasteiger partial charge in [0.2, 0.25) is 10.0 Å². The summed E-state index contributed by atoms with van der Waals surface area (Å²) < 4.78 is 32.7. The Morgan fingerprint density at radius 2 is 1.86 bits per heavy atom. The number of carbonyl (C=O) groups is 1. The van der Waals surface area contributed by atoms with Gasteiger partial charge in [-0.25, -0.2) is 13.4 Å². The molecule has 1 aliphatic heterocycles. The minimum atomic E-state index is -3.59. The second kappa shape index (κ2) is 7.76. The number of fused-ring (bicyclic) bond motifs is 1. The highest BCUT2D eigenvalue weighted by Gasteiger charge is 2.26. The van der Waals surface area contributed by atoms with Gasteiger partial charge in [0, 0.05) is 18.7 Å². The summed E-state index contributed by atoms with van der Waals surface area (Å²) in [6.07, 6.45) is 0. The van der Waals surface area contributed by atoms with Gasteiger partial charge >= 0.3 is 0 Å². The number of nitrogens with one attached hydrogen (secondary N) is 1. The van der Waals surface area contributed by atoms with E-state index in [0.29, 0.717) is 48.1 Å². The Morgan fingerprint density at radius 1 is 1.14 bits per heavy atom. The standard InChI is InChI=1S/C18H16ClN3O4S2/c19-14-5-6-15(17-16(14)20-11-27-17)21-18(23)12-1-3-13(4-2-12)28(24,25)22-7-9-26-10-8-22/h1-6,11H,7-10H2,(H,21,23). The first-order valence-electron chi connectivity index (χ1n) is 8.48. The molecule has 1 fully saturated rings. The van der Waals surface area contributed by atoms with Crippen LogP contribution in [0.1, 0.15) is 10.4 Å². The first-order valence-corrected chi connectivity index (χ1v) is 11.2. The molecule has 146 valence electrons. The highest BCUT2D eigenvalue weighted by atomic mass is 35.5. The van der Waals surface area contributed by atoms with E-state index in [9.17, 15) is 13.2 Å². The van der Waals surface area contributed by atoms with Crippen LogP contribution >= 0.6 is 22.9 Å². The highest BCUT2D eigenvalue weighted by Crippen LogP contribution is 2.32. The van der Waals surface area contributed by atoms with Crippen molar-refractivity contribution < 1.29 is 17.9 Å². The molecule has 0 bridgehead atoms. The van der Waals surface area contributed by atoms with Crippen LogP contribution < -0.4 is 5.32 Å². The number of sulfonamides is 1. The molecule has 0 saturated carbocycles. The van der Waals surface area contributed by atoms with Gasteiger partial charge in [0.05, 0.1) is 39.0 Å². The number of hydrogen-bond donors (Lipinski definition) is 1. The van der Waals surface area contributed by atoms with Gasteiger partial charge in [-0.1, -0.05) is 11.6 Å². The van der Waals surface area contributed by atoms with Crippen molar-refractivity contribution in [3.63, 3.8) is 0 Å². The van der Waals surface area contributed by atoms with Crippen LogP contribution in [-0.4, -0.2) is 49.9 Å². The van der Waals surface area contributed by atoms with Gasteiger partial charge < -0.3 is 10.1 Å². The molecule has 1 amide bonds. The van der Waals surface area contributed by atoms with Crippen LogP contribution in [0.4, 0.5) is 5.69 Å². The fraction of sp³-hybridized carbons (Fsp3) is 0.222. The minimum Gasteiger partial charge on any atom is -0.379 e. The van der Waals surface area contributed by atoms with E-state index in [1.165, 1.54) is 39.9 Å². The molecule has 0 unspecified atom stereocenters. The molecule has 3 aromatic rings. The number of halogens is 1. The molecule has 2 heterocycles. The van der Waals surface area contributed by atoms with Gasteiger partial charge in [0.15, 0.2) is 0 Å². The minimum absolute atomic E-state index is 0.155. The molecule has 0 aliphatic carbocycles.